The SMILES string of the molecule is CC(C)(C)C(=O)NCc1cc(-c2ccc(Cl)c(Cl)c2)n(Cc2ccc(Cl)c(Cl)c2)n1. The monoisotopic (exact) mass is 483 g/mol. The summed E-state index contributed by atoms with van der Waals surface area (Å²) >= 11 is 24.5. The molecule has 3 aromatic rings. The maximum atomic E-state index is 12.2. The smallest absolute Gasteiger partial charge is 0.225 e. The van der Waals surface area contributed by atoms with E-state index in [-0.39, 0.29) is 5.91 Å². The number of carbonyl (C=O) groups excluding carboxylic acids is 1. The Labute approximate surface area is 196 Å². The standard InChI is InChI=1S/C22H21Cl4N3O/c1-22(2,3)21(30)27-11-15-10-20(14-5-7-17(24)19(26)9-14)29(28-15)12-13-4-6-16(23)18(25)8-13/h4-10H,11-12H2,1-3H3,(H,27,30). The van der Waals surface area contributed by atoms with Crippen LogP contribution in [-0.4, -0.2) is 15.7 Å². The van der Waals surface area contributed by atoms with E-state index in [2.05, 4.69) is 10.4 Å². The van der Waals surface area contributed by atoms with Gasteiger partial charge in [-0.3, -0.25) is 9.48 Å². The van der Waals surface area contributed by atoms with E-state index >= 15 is 0 Å². The molecule has 0 spiro atoms. The average molecular weight is 485 g/mol. The van der Waals surface area contributed by atoms with Crippen molar-refractivity contribution in [2.75, 3.05) is 0 Å². The molecule has 0 radical (unpaired) electrons. The normalized spacial score (nSPS) is 11.6. The van der Waals surface area contributed by atoms with Gasteiger partial charge >= 0.3 is 0 Å². The van der Waals surface area contributed by atoms with Gasteiger partial charge in [0.05, 0.1) is 44.6 Å². The van der Waals surface area contributed by atoms with Gasteiger partial charge in [0, 0.05) is 11.0 Å². The van der Waals surface area contributed by atoms with E-state index < -0.39 is 5.41 Å². The molecule has 0 bridgehead atoms. The maximum Gasteiger partial charge on any atom is 0.225 e. The van der Waals surface area contributed by atoms with Crippen molar-refractivity contribution in [3.8, 4) is 11.3 Å². The topological polar surface area (TPSA) is 46.9 Å². The molecule has 1 amide bonds. The lowest BCUT2D eigenvalue weighted by Gasteiger charge is -2.16. The lowest BCUT2D eigenvalue weighted by Crippen LogP contribution is -2.34. The molecule has 0 atom stereocenters. The number of hydrogen-bond donors (Lipinski definition) is 1. The molecule has 30 heavy (non-hydrogen) atoms. The van der Waals surface area contributed by atoms with E-state index in [4.69, 9.17) is 46.4 Å². The first-order chi connectivity index (χ1) is 14.0. The molecule has 0 saturated carbocycles. The fourth-order valence-corrected chi connectivity index (χ4v) is 3.43. The Bertz CT molecular complexity index is 1090. The summed E-state index contributed by atoms with van der Waals surface area (Å²) in [6.45, 7) is 6.39. The third-order valence-electron chi connectivity index (χ3n) is 4.47. The molecule has 4 nitrogen and oxygen atoms in total. The molecule has 0 aliphatic heterocycles. The van der Waals surface area contributed by atoms with Crippen LogP contribution in [0.3, 0.4) is 0 Å². The summed E-state index contributed by atoms with van der Waals surface area (Å²) in [6.07, 6.45) is 0. The van der Waals surface area contributed by atoms with E-state index in [9.17, 15) is 4.79 Å². The van der Waals surface area contributed by atoms with Crippen LogP contribution in [0.1, 0.15) is 32.0 Å². The largest absolute Gasteiger partial charge is 0.350 e. The highest BCUT2D eigenvalue weighted by Crippen LogP contribution is 2.30. The number of aromatic nitrogens is 2. The van der Waals surface area contributed by atoms with Gasteiger partial charge in [0.25, 0.3) is 0 Å². The summed E-state index contributed by atoms with van der Waals surface area (Å²) in [6, 6.07) is 12.8. The number of nitrogens with zero attached hydrogens (tertiary/aromatic N) is 2. The molecule has 0 aliphatic carbocycles. The van der Waals surface area contributed by atoms with E-state index in [1.807, 2.05) is 49.7 Å². The van der Waals surface area contributed by atoms with Crippen LogP contribution in [-0.2, 0) is 17.9 Å². The van der Waals surface area contributed by atoms with Crippen LogP contribution in [0, 0.1) is 5.41 Å². The van der Waals surface area contributed by atoms with Gasteiger partial charge in [0.2, 0.25) is 5.91 Å². The van der Waals surface area contributed by atoms with Crippen molar-refractivity contribution in [2.45, 2.75) is 33.9 Å². The van der Waals surface area contributed by atoms with E-state index in [1.165, 1.54) is 0 Å². The number of carbonyl (C=O) groups is 1. The molecule has 3 rings (SSSR count). The Morgan fingerprint density at radius 2 is 1.57 bits per heavy atom. The van der Waals surface area contributed by atoms with Gasteiger partial charge < -0.3 is 5.32 Å². The van der Waals surface area contributed by atoms with Crippen LogP contribution in [0.15, 0.2) is 42.5 Å². The van der Waals surface area contributed by atoms with Gasteiger partial charge in [-0.1, -0.05) is 79.3 Å². The van der Waals surface area contributed by atoms with Crippen molar-refractivity contribution < 1.29 is 4.79 Å². The second-order valence-electron chi connectivity index (χ2n) is 7.99. The number of amides is 1. The van der Waals surface area contributed by atoms with Crippen molar-refractivity contribution in [3.05, 3.63) is 73.8 Å². The number of nitrogens with one attached hydrogen (secondary N) is 1. The first-order valence-corrected chi connectivity index (χ1v) is 10.8. The molecule has 1 N–H and O–H groups in total. The van der Waals surface area contributed by atoms with Gasteiger partial charge in [-0.2, -0.15) is 5.10 Å². The molecule has 0 saturated heterocycles. The third-order valence-corrected chi connectivity index (χ3v) is 5.95. The Kier molecular flexibility index (Phi) is 7.03. The molecule has 1 aromatic heterocycles. The van der Waals surface area contributed by atoms with Crippen molar-refractivity contribution >= 4 is 52.3 Å². The third kappa shape index (κ3) is 5.50. The average Bonchev–Trinajstić information content (AvgIpc) is 3.07. The minimum atomic E-state index is -0.477. The summed E-state index contributed by atoms with van der Waals surface area (Å²) in [7, 11) is 0. The Morgan fingerprint density at radius 1 is 0.933 bits per heavy atom. The molecule has 0 fully saturated rings. The summed E-state index contributed by atoms with van der Waals surface area (Å²) in [5, 5.41) is 9.54. The van der Waals surface area contributed by atoms with Crippen molar-refractivity contribution in [2.24, 2.45) is 5.41 Å². The van der Waals surface area contributed by atoms with E-state index in [1.54, 1.807) is 18.2 Å². The minimum Gasteiger partial charge on any atom is -0.350 e. The second kappa shape index (κ2) is 9.19. The molecular weight excluding hydrogens is 464 g/mol. The predicted octanol–water partition coefficient (Wildman–Crippen LogP) is 6.87. The maximum absolute atomic E-state index is 12.2. The van der Waals surface area contributed by atoms with Crippen molar-refractivity contribution in [1.82, 2.24) is 15.1 Å². The molecular formula is C22H21Cl4N3O. The van der Waals surface area contributed by atoms with Crippen LogP contribution >= 0.6 is 46.4 Å². The molecule has 1 heterocycles. The Hall–Kier alpha value is -1.72. The molecule has 8 heteroatoms. The summed E-state index contributed by atoms with van der Waals surface area (Å²) < 4.78 is 1.84. The summed E-state index contributed by atoms with van der Waals surface area (Å²) in [5.41, 5.74) is 2.91. The van der Waals surface area contributed by atoms with Crippen molar-refractivity contribution in [1.29, 1.82) is 0 Å². The van der Waals surface area contributed by atoms with Crippen LogP contribution in [0.2, 0.25) is 20.1 Å². The van der Waals surface area contributed by atoms with Gasteiger partial charge in [0.15, 0.2) is 0 Å². The van der Waals surface area contributed by atoms with Gasteiger partial charge in [-0.25, -0.2) is 0 Å². The molecule has 0 unspecified atom stereocenters. The number of hydrogen-bond acceptors (Lipinski definition) is 2. The second-order valence-corrected chi connectivity index (χ2v) is 9.62. The number of halogens is 4. The fraction of sp³-hybridized carbons (Fsp3) is 0.273. The molecule has 0 aliphatic rings. The van der Waals surface area contributed by atoms with Crippen molar-refractivity contribution in [3.63, 3.8) is 0 Å². The van der Waals surface area contributed by atoms with E-state index in [0.717, 1.165) is 22.5 Å². The highest BCUT2D eigenvalue weighted by atomic mass is 35.5. The van der Waals surface area contributed by atoms with Gasteiger partial charge in [0.1, 0.15) is 0 Å². The highest BCUT2D eigenvalue weighted by molar-refractivity contribution is 6.42. The van der Waals surface area contributed by atoms with E-state index in [0.29, 0.717) is 33.2 Å². The highest BCUT2D eigenvalue weighted by Gasteiger charge is 2.21. The first kappa shape index (κ1) is 23.0. The lowest BCUT2D eigenvalue weighted by molar-refractivity contribution is -0.128. The lowest BCUT2D eigenvalue weighted by atomic mass is 9.96. The summed E-state index contributed by atoms with van der Waals surface area (Å²) in [5.74, 6) is -0.0439. The van der Waals surface area contributed by atoms with Crippen LogP contribution < -0.4 is 5.32 Å². The Morgan fingerprint density at radius 3 is 2.17 bits per heavy atom. The number of benzene rings is 2. The Balaban J connectivity index is 1.95. The van der Waals surface area contributed by atoms with Crippen LogP contribution in [0.4, 0.5) is 0 Å². The van der Waals surface area contributed by atoms with Crippen LogP contribution in [0.5, 0.6) is 0 Å². The zero-order valence-electron chi connectivity index (χ0n) is 16.8. The fourth-order valence-electron chi connectivity index (χ4n) is 2.81. The van der Waals surface area contributed by atoms with Gasteiger partial charge in [-0.15, -0.1) is 0 Å². The quantitative estimate of drug-likeness (QED) is 0.429. The zero-order valence-corrected chi connectivity index (χ0v) is 19.8. The first-order valence-electron chi connectivity index (χ1n) is 9.29. The summed E-state index contributed by atoms with van der Waals surface area (Å²) in [4.78, 5) is 12.2. The zero-order chi connectivity index (χ0) is 22.1. The molecule has 2 aromatic carbocycles. The van der Waals surface area contributed by atoms with Crippen LogP contribution in [0.25, 0.3) is 11.3 Å². The minimum absolute atomic E-state index is 0.0439. The number of rotatable bonds is 5. The predicted molar refractivity (Wildman–Crippen MR) is 125 cm³/mol. The van der Waals surface area contributed by atoms with Gasteiger partial charge in [-0.05, 0) is 35.9 Å². The molecule has 158 valence electrons.